The molecule has 0 saturated heterocycles. The highest BCUT2D eigenvalue weighted by Crippen LogP contribution is 2.36. The maximum absolute atomic E-state index is 12.6. The van der Waals surface area contributed by atoms with Crippen LogP contribution in [0.5, 0.6) is 0 Å². The largest absolute Gasteiger partial charge is 0.461 e. The molecule has 0 radical (unpaired) electrons. The fraction of sp³-hybridized carbons (Fsp3) is 0.500. The highest BCUT2D eigenvalue weighted by Gasteiger charge is 2.35. The van der Waals surface area contributed by atoms with Crippen molar-refractivity contribution in [2.24, 2.45) is 0 Å². The van der Waals surface area contributed by atoms with Gasteiger partial charge in [0.15, 0.2) is 23.3 Å². The van der Waals surface area contributed by atoms with Crippen molar-refractivity contribution in [2.75, 3.05) is 6.61 Å². The number of oxazole rings is 2. The van der Waals surface area contributed by atoms with E-state index in [1.165, 1.54) is 12.5 Å². The molecule has 4 aromatic heterocycles. The monoisotopic (exact) mass is 658 g/mol. The van der Waals surface area contributed by atoms with Crippen molar-refractivity contribution in [1.82, 2.24) is 19.9 Å². The van der Waals surface area contributed by atoms with Crippen LogP contribution in [0, 0.1) is 13.8 Å². The van der Waals surface area contributed by atoms with Gasteiger partial charge in [-0.25, -0.2) is 19.6 Å². The third-order valence-electron chi connectivity index (χ3n) is 9.54. The van der Waals surface area contributed by atoms with Gasteiger partial charge in [-0.1, -0.05) is 19.8 Å². The summed E-state index contributed by atoms with van der Waals surface area (Å²) in [7, 11) is 0. The van der Waals surface area contributed by atoms with Crippen LogP contribution in [0.25, 0.3) is 0 Å². The predicted octanol–water partition coefficient (Wildman–Crippen LogP) is 6.89. The number of nitrogens with zero attached hydrogens (tertiary/aromatic N) is 2. The minimum absolute atomic E-state index is 0.00740. The summed E-state index contributed by atoms with van der Waals surface area (Å²) in [4.78, 5) is 64.3. The molecule has 0 aliphatic heterocycles. The van der Waals surface area contributed by atoms with Gasteiger partial charge in [0, 0.05) is 60.0 Å². The number of carbonyl (C=O) groups is 4. The Balaban J connectivity index is 0.000000167. The van der Waals surface area contributed by atoms with E-state index in [9.17, 15) is 19.2 Å². The molecule has 254 valence electrons. The second-order valence-corrected chi connectivity index (χ2v) is 12.9. The van der Waals surface area contributed by atoms with Crippen molar-refractivity contribution >= 4 is 23.5 Å². The van der Waals surface area contributed by atoms with Crippen molar-refractivity contribution in [2.45, 2.75) is 109 Å². The average molecular weight is 659 g/mol. The number of aromatic nitrogens is 4. The fourth-order valence-electron chi connectivity index (χ4n) is 7.10. The van der Waals surface area contributed by atoms with Gasteiger partial charge < -0.3 is 28.3 Å². The summed E-state index contributed by atoms with van der Waals surface area (Å²) in [5, 5.41) is 0. The van der Waals surface area contributed by atoms with Crippen LogP contribution in [0.4, 0.5) is 0 Å². The van der Waals surface area contributed by atoms with E-state index >= 15 is 0 Å². The fourth-order valence-corrected chi connectivity index (χ4v) is 7.10. The molecule has 12 nitrogen and oxygen atoms in total. The van der Waals surface area contributed by atoms with Crippen LogP contribution >= 0.6 is 0 Å². The van der Waals surface area contributed by atoms with E-state index in [1.54, 1.807) is 19.3 Å². The SMILES string of the molecule is CCCCCOC(=O)c1[nH]c2c(c1C)C(=O)CC(c1ncco1)C2.Cc1c(C(=O)OC2CCCC2)[nH]c2c1C(=O)CC(c1ncco1)C2. The minimum atomic E-state index is -0.390. The van der Waals surface area contributed by atoms with E-state index in [1.807, 2.05) is 6.92 Å². The summed E-state index contributed by atoms with van der Waals surface area (Å²) in [6.07, 6.45) is 15.1. The molecule has 48 heavy (non-hydrogen) atoms. The number of aromatic amines is 2. The van der Waals surface area contributed by atoms with Crippen molar-refractivity contribution in [3.05, 3.63) is 81.7 Å². The zero-order chi connectivity index (χ0) is 33.8. The Bertz CT molecular complexity index is 1760. The van der Waals surface area contributed by atoms with Gasteiger partial charge in [-0.3, -0.25) is 9.59 Å². The molecule has 1 fully saturated rings. The number of hydrogen-bond donors (Lipinski definition) is 2. The molecule has 12 heteroatoms. The first kappa shape index (κ1) is 33.2. The zero-order valence-corrected chi connectivity index (χ0v) is 27.7. The molecule has 2 N–H and O–H groups in total. The Morgan fingerprint density at radius 2 is 1.31 bits per heavy atom. The van der Waals surface area contributed by atoms with E-state index in [0.717, 1.165) is 56.3 Å². The highest BCUT2D eigenvalue weighted by atomic mass is 16.5. The van der Waals surface area contributed by atoms with Crippen LogP contribution in [0.3, 0.4) is 0 Å². The van der Waals surface area contributed by atoms with Crippen LogP contribution in [0.15, 0.2) is 33.8 Å². The summed E-state index contributed by atoms with van der Waals surface area (Å²) >= 11 is 0. The average Bonchev–Trinajstić information content (AvgIpc) is 3.91. The molecule has 0 amide bonds. The summed E-state index contributed by atoms with van der Waals surface area (Å²) in [6.45, 7) is 6.11. The quantitative estimate of drug-likeness (QED) is 0.142. The standard InChI is InChI=1S/C18H20N2O4.C18H22N2O4/c1-10-15-13(8-11(9-14(15)21)17-19-6-7-23-17)20-16(10)18(22)24-12-4-2-3-5-12;1-3-4-5-7-24-18(22)16-11(2)15-13(20-16)9-12(10-14(15)21)17-19-6-8-23-17/h6-7,11-12,20H,2-5,8-9H2,1H3;6,8,12,20H,3-5,7,9-10H2,1-2H3. The van der Waals surface area contributed by atoms with Crippen molar-refractivity contribution in [3.8, 4) is 0 Å². The molecular weight excluding hydrogens is 616 g/mol. The Morgan fingerprint density at radius 1 is 0.792 bits per heavy atom. The molecule has 1 saturated carbocycles. The zero-order valence-electron chi connectivity index (χ0n) is 27.7. The smallest absolute Gasteiger partial charge is 0.355 e. The van der Waals surface area contributed by atoms with E-state index in [4.69, 9.17) is 18.3 Å². The van der Waals surface area contributed by atoms with Crippen LogP contribution < -0.4 is 0 Å². The topological polar surface area (TPSA) is 170 Å². The third kappa shape index (κ3) is 6.93. The Labute approximate surface area is 278 Å². The number of carbonyl (C=O) groups excluding carboxylic acids is 4. The van der Waals surface area contributed by atoms with Gasteiger partial charge >= 0.3 is 11.9 Å². The second kappa shape index (κ2) is 14.6. The van der Waals surface area contributed by atoms with Gasteiger partial charge in [0.25, 0.3) is 0 Å². The van der Waals surface area contributed by atoms with Crippen LogP contribution in [0.2, 0.25) is 0 Å². The molecule has 3 aliphatic carbocycles. The number of rotatable bonds is 9. The minimum Gasteiger partial charge on any atom is -0.461 e. The summed E-state index contributed by atoms with van der Waals surface area (Å²) < 4.78 is 21.6. The van der Waals surface area contributed by atoms with Crippen LogP contribution in [0.1, 0.15) is 153 Å². The number of esters is 2. The molecular formula is C36H42N4O8. The van der Waals surface area contributed by atoms with E-state index in [0.29, 0.717) is 77.7 Å². The molecule has 0 bridgehead atoms. The summed E-state index contributed by atoms with van der Waals surface area (Å²) in [6, 6.07) is 0. The van der Waals surface area contributed by atoms with Gasteiger partial charge in [0.1, 0.15) is 30.0 Å². The highest BCUT2D eigenvalue weighted by molar-refractivity contribution is 6.04. The maximum Gasteiger partial charge on any atom is 0.355 e. The number of H-pyrrole nitrogens is 2. The molecule has 4 heterocycles. The normalized spacial score (nSPS) is 19.0. The van der Waals surface area contributed by atoms with Gasteiger partial charge in [-0.2, -0.15) is 0 Å². The number of Topliss-reactive ketones (excluding diaryl/α,β-unsaturated/α-hetero) is 2. The van der Waals surface area contributed by atoms with E-state index in [-0.39, 0.29) is 35.5 Å². The van der Waals surface area contributed by atoms with Gasteiger partial charge in [0.05, 0.1) is 19.0 Å². The Morgan fingerprint density at radius 3 is 1.79 bits per heavy atom. The lowest BCUT2D eigenvalue weighted by Crippen LogP contribution is -2.18. The predicted molar refractivity (Wildman–Crippen MR) is 172 cm³/mol. The number of nitrogens with one attached hydrogen (secondary N) is 2. The van der Waals surface area contributed by atoms with Crippen LogP contribution in [-0.2, 0) is 22.3 Å². The van der Waals surface area contributed by atoms with Gasteiger partial charge in [-0.05, 0) is 57.1 Å². The second-order valence-electron chi connectivity index (χ2n) is 12.9. The van der Waals surface area contributed by atoms with Gasteiger partial charge in [-0.15, -0.1) is 0 Å². The molecule has 3 aliphatic rings. The van der Waals surface area contributed by atoms with E-state index in [2.05, 4.69) is 26.9 Å². The summed E-state index contributed by atoms with van der Waals surface area (Å²) in [5.74, 6) is 0.239. The first-order valence-electron chi connectivity index (χ1n) is 16.9. The van der Waals surface area contributed by atoms with E-state index < -0.39 is 5.97 Å². The molecule has 2 atom stereocenters. The number of fused-ring (bicyclic) bond motifs is 2. The molecule has 0 aromatic carbocycles. The molecule has 2 unspecified atom stereocenters. The van der Waals surface area contributed by atoms with Gasteiger partial charge in [0.2, 0.25) is 0 Å². The lowest BCUT2D eigenvalue weighted by molar-refractivity contribution is 0.0310. The summed E-state index contributed by atoms with van der Waals surface area (Å²) in [5.41, 5.74) is 4.99. The van der Waals surface area contributed by atoms with Crippen molar-refractivity contribution in [3.63, 3.8) is 0 Å². The number of ketones is 2. The van der Waals surface area contributed by atoms with Crippen molar-refractivity contribution < 1.29 is 37.5 Å². The lowest BCUT2D eigenvalue weighted by Gasteiger charge is -2.18. The van der Waals surface area contributed by atoms with Crippen molar-refractivity contribution in [1.29, 1.82) is 0 Å². The Hall–Kier alpha value is -4.74. The Kier molecular flexibility index (Phi) is 10.1. The maximum atomic E-state index is 12.6. The van der Waals surface area contributed by atoms with Crippen LogP contribution in [-0.4, -0.2) is 56.2 Å². The first-order valence-corrected chi connectivity index (χ1v) is 16.9. The molecule has 4 aromatic rings. The third-order valence-corrected chi connectivity index (χ3v) is 9.54. The number of hydrogen-bond acceptors (Lipinski definition) is 10. The number of unbranched alkanes of at least 4 members (excludes halogenated alkanes) is 2. The number of ether oxygens (including phenoxy) is 2. The first-order chi connectivity index (χ1) is 23.2. The molecule has 7 rings (SSSR count). The molecule has 0 spiro atoms. The lowest BCUT2D eigenvalue weighted by atomic mass is 9.85.